The third kappa shape index (κ3) is 5.59. The molecule has 2 aromatic rings. The minimum atomic E-state index is -0.695. The van der Waals surface area contributed by atoms with E-state index in [-0.39, 0.29) is 23.1 Å². The number of ether oxygens (including phenoxy) is 1. The SMILES string of the molecule is C[C@@H](OCC1CCCCC1)[C@H](C(=O)N1CCCCC1)C1N(C(=O)[C@H]2CC2(C)C)CC12CN(c1nccc3scnc13)CC2C(N)=O. The largest absolute Gasteiger partial charge is 0.377 e. The average Bonchev–Trinajstić information content (AvgIpc) is 3.38. The molecular formula is C35H50N6O4S. The molecule has 5 aliphatic rings. The lowest BCUT2D eigenvalue weighted by Crippen LogP contribution is -2.75. The maximum atomic E-state index is 14.8. The molecule has 3 unspecified atom stereocenters. The number of hydrogen-bond donors (Lipinski definition) is 1. The molecule has 2 aliphatic carbocycles. The highest BCUT2D eigenvalue weighted by molar-refractivity contribution is 7.16. The number of carbonyl (C=O) groups is 3. The van der Waals surface area contributed by atoms with E-state index in [1.54, 1.807) is 17.5 Å². The molecule has 250 valence electrons. The van der Waals surface area contributed by atoms with E-state index in [2.05, 4.69) is 23.7 Å². The summed E-state index contributed by atoms with van der Waals surface area (Å²) in [6.45, 7) is 9.61. The Morgan fingerprint density at radius 2 is 1.76 bits per heavy atom. The van der Waals surface area contributed by atoms with Gasteiger partial charge in [-0.2, -0.15) is 0 Å². The van der Waals surface area contributed by atoms with Crippen molar-refractivity contribution >= 4 is 45.1 Å². The zero-order valence-corrected chi connectivity index (χ0v) is 28.5. The number of pyridine rings is 1. The highest BCUT2D eigenvalue weighted by atomic mass is 32.1. The lowest BCUT2D eigenvalue weighted by atomic mass is 9.59. The van der Waals surface area contributed by atoms with E-state index in [0.29, 0.717) is 32.2 Å². The second-order valence-corrected chi connectivity index (χ2v) is 16.4. The molecule has 1 spiro atoms. The first-order valence-corrected chi connectivity index (χ1v) is 18.4. The van der Waals surface area contributed by atoms with Crippen molar-refractivity contribution in [3.8, 4) is 0 Å². The Bertz CT molecular complexity index is 1470. The lowest BCUT2D eigenvalue weighted by molar-refractivity contribution is -0.185. The first kappa shape index (κ1) is 31.8. The monoisotopic (exact) mass is 650 g/mol. The standard InChI is InChI=1S/C35H50N6O4S/c1-22(45-18-23-10-6-4-7-11-23)27(33(44)39-14-8-5-9-15-39)29-35(20-41(29)32(43)24-16-34(24,2)3)19-40(17-25(35)30(36)42)31-28-26(12-13-37-31)46-21-38-28/h12-13,21-25,27,29H,4-11,14-20H2,1-3H3,(H2,36,42)/t22-,24-,25?,27+,29?,35?/m1/s1. The highest BCUT2D eigenvalue weighted by Gasteiger charge is 2.69. The molecule has 2 saturated carbocycles. The first-order valence-electron chi connectivity index (χ1n) is 17.5. The van der Waals surface area contributed by atoms with Crippen molar-refractivity contribution in [3.05, 3.63) is 17.8 Å². The molecule has 3 saturated heterocycles. The number of rotatable bonds is 9. The molecule has 5 heterocycles. The number of fused-ring (bicyclic) bond motifs is 1. The van der Waals surface area contributed by atoms with Crippen molar-refractivity contribution in [2.75, 3.05) is 44.2 Å². The number of carbonyl (C=O) groups excluding carboxylic acids is 3. The average molecular weight is 651 g/mol. The summed E-state index contributed by atoms with van der Waals surface area (Å²) in [7, 11) is 0. The summed E-state index contributed by atoms with van der Waals surface area (Å²) in [5.41, 5.74) is 8.10. The van der Waals surface area contributed by atoms with E-state index in [9.17, 15) is 14.4 Å². The van der Waals surface area contributed by atoms with Crippen LogP contribution in [0.2, 0.25) is 0 Å². The topological polar surface area (TPSA) is 122 Å². The maximum absolute atomic E-state index is 14.8. The van der Waals surface area contributed by atoms with Gasteiger partial charge in [0.2, 0.25) is 17.7 Å². The molecule has 2 N–H and O–H groups in total. The molecular weight excluding hydrogens is 600 g/mol. The Morgan fingerprint density at radius 1 is 1.04 bits per heavy atom. The van der Waals surface area contributed by atoms with Gasteiger partial charge in [-0.25, -0.2) is 9.97 Å². The fraction of sp³-hybridized carbons (Fsp3) is 0.743. The summed E-state index contributed by atoms with van der Waals surface area (Å²) in [4.78, 5) is 57.8. The Morgan fingerprint density at radius 3 is 2.46 bits per heavy atom. The number of hydrogen-bond acceptors (Lipinski definition) is 8. The van der Waals surface area contributed by atoms with Crippen LogP contribution in [0.4, 0.5) is 5.82 Å². The zero-order valence-electron chi connectivity index (χ0n) is 27.7. The number of anilines is 1. The van der Waals surface area contributed by atoms with E-state index in [1.165, 1.54) is 19.3 Å². The third-order valence-electron chi connectivity index (χ3n) is 12.1. The van der Waals surface area contributed by atoms with Crippen LogP contribution in [0.5, 0.6) is 0 Å². The van der Waals surface area contributed by atoms with Gasteiger partial charge in [0.1, 0.15) is 5.52 Å². The molecule has 2 aromatic heterocycles. The fourth-order valence-corrected chi connectivity index (χ4v) is 9.83. The van der Waals surface area contributed by atoms with Crippen molar-refractivity contribution in [3.63, 3.8) is 0 Å². The minimum absolute atomic E-state index is 0.0502. The van der Waals surface area contributed by atoms with Crippen LogP contribution in [-0.2, 0) is 19.1 Å². The molecule has 10 nitrogen and oxygen atoms in total. The Balaban J connectivity index is 1.27. The Kier molecular flexibility index (Phi) is 8.53. The molecule has 7 rings (SSSR count). The van der Waals surface area contributed by atoms with Gasteiger partial charge in [0, 0.05) is 56.9 Å². The third-order valence-corrected chi connectivity index (χ3v) is 12.9. The van der Waals surface area contributed by atoms with Crippen molar-refractivity contribution in [1.82, 2.24) is 19.8 Å². The van der Waals surface area contributed by atoms with Crippen molar-refractivity contribution < 1.29 is 19.1 Å². The molecule has 11 heteroatoms. The molecule has 3 amide bonds. The number of nitrogens with two attached hydrogens (primary N) is 1. The normalized spacial score (nSPS) is 30.8. The molecule has 0 aromatic carbocycles. The van der Waals surface area contributed by atoms with Crippen LogP contribution in [0, 0.1) is 34.5 Å². The van der Waals surface area contributed by atoms with Gasteiger partial charge in [0.25, 0.3) is 0 Å². The number of likely N-dealkylation sites (tertiary alicyclic amines) is 2. The Hall–Kier alpha value is -2.79. The van der Waals surface area contributed by atoms with Gasteiger partial charge >= 0.3 is 0 Å². The Labute approximate surface area is 276 Å². The van der Waals surface area contributed by atoms with Crippen LogP contribution in [0.25, 0.3) is 10.2 Å². The van der Waals surface area contributed by atoms with Gasteiger partial charge in [-0.3, -0.25) is 14.4 Å². The van der Waals surface area contributed by atoms with E-state index in [1.807, 2.05) is 28.3 Å². The summed E-state index contributed by atoms with van der Waals surface area (Å²) in [6, 6.07) is 1.46. The second kappa shape index (κ2) is 12.3. The molecule has 5 fully saturated rings. The van der Waals surface area contributed by atoms with Crippen molar-refractivity contribution in [1.29, 1.82) is 0 Å². The van der Waals surface area contributed by atoms with E-state index in [4.69, 9.17) is 15.5 Å². The van der Waals surface area contributed by atoms with Crippen LogP contribution in [0.15, 0.2) is 17.8 Å². The van der Waals surface area contributed by atoms with Gasteiger partial charge in [-0.1, -0.05) is 33.1 Å². The quantitative estimate of drug-likeness (QED) is 0.425. The summed E-state index contributed by atoms with van der Waals surface area (Å²) < 4.78 is 7.71. The lowest BCUT2D eigenvalue weighted by Gasteiger charge is -2.61. The zero-order chi connectivity index (χ0) is 32.2. The predicted octanol–water partition coefficient (Wildman–Crippen LogP) is 4.47. The number of nitrogens with zero attached hydrogens (tertiary/aromatic N) is 5. The molecule has 6 atom stereocenters. The first-order chi connectivity index (χ1) is 22.1. The number of thiazole rings is 1. The van der Waals surface area contributed by atoms with Gasteiger partial charge in [-0.15, -0.1) is 11.3 Å². The molecule has 0 radical (unpaired) electrons. The summed E-state index contributed by atoms with van der Waals surface area (Å²) in [6.07, 6.45) is 11.3. The number of piperidine rings is 1. The molecule has 46 heavy (non-hydrogen) atoms. The number of primary amides is 1. The van der Waals surface area contributed by atoms with Crippen molar-refractivity contribution in [2.24, 2.45) is 40.2 Å². The van der Waals surface area contributed by atoms with Crippen LogP contribution in [0.1, 0.15) is 78.6 Å². The summed E-state index contributed by atoms with van der Waals surface area (Å²) in [5.74, 6) is -0.241. The van der Waals surface area contributed by atoms with E-state index < -0.39 is 35.3 Å². The summed E-state index contributed by atoms with van der Waals surface area (Å²) >= 11 is 1.56. The molecule has 3 aliphatic heterocycles. The van der Waals surface area contributed by atoms with E-state index >= 15 is 0 Å². The minimum Gasteiger partial charge on any atom is -0.377 e. The van der Waals surface area contributed by atoms with Gasteiger partial charge < -0.3 is 25.2 Å². The predicted molar refractivity (Wildman–Crippen MR) is 178 cm³/mol. The number of amides is 3. The smallest absolute Gasteiger partial charge is 0.230 e. The van der Waals surface area contributed by atoms with Crippen LogP contribution < -0.4 is 10.6 Å². The van der Waals surface area contributed by atoms with Gasteiger partial charge in [0.05, 0.1) is 34.2 Å². The van der Waals surface area contributed by atoms with Crippen LogP contribution in [0.3, 0.4) is 0 Å². The second-order valence-electron chi connectivity index (χ2n) is 15.5. The maximum Gasteiger partial charge on any atom is 0.230 e. The van der Waals surface area contributed by atoms with Crippen LogP contribution in [-0.4, -0.2) is 89.0 Å². The summed E-state index contributed by atoms with van der Waals surface area (Å²) in [5, 5.41) is 0. The van der Waals surface area contributed by atoms with Crippen molar-refractivity contribution in [2.45, 2.75) is 90.7 Å². The van der Waals surface area contributed by atoms with E-state index in [0.717, 1.165) is 67.6 Å². The molecule has 0 bridgehead atoms. The number of aromatic nitrogens is 2. The van der Waals surface area contributed by atoms with Crippen LogP contribution >= 0.6 is 11.3 Å². The van der Waals surface area contributed by atoms with Gasteiger partial charge in [-0.05, 0) is 62.8 Å². The highest BCUT2D eigenvalue weighted by Crippen LogP contribution is 2.58. The fourth-order valence-electron chi connectivity index (χ4n) is 9.16. The van der Waals surface area contributed by atoms with Gasteiger partial charge in [0.15, 0.2) is 5.82 Å².